The van der Waals surface area contributed by atoms with Crippen molar-refractivity contribution in [1.29, 1.82) is 0 Å². The molecule has 1 saturated heterocycles. The average molecular weight is 593 g/mol. The fraction of sp³-hybridized carbons (Fsp3) is 0.486. The molecule has 1 aliphatic rings. The lowest BCUT2D eigenvalue weighted by molar-refractivity contribution is -0.304. The van der Waals surface area contributed by atoms with Crippen LogP contribution in [0, 0.1) is 5.92 Å². The van der Waals surface area contributed by atoms with Gasteiger partial charge in [0.15, 0.2) is 14.6 Å². The normalized spacial score (nSPS) is 23.3. The molecule has 1 aliphatic heterocycles. The molecule has 0 aromatic heterocycles. The van der Waals surface area contributed by atoms with Crippen LogP contribution in [0.5, 0.6) is 0 Å². The Morgan fingerprint density at radius 3 is 1.67 bits per heavy atom. The van der Waals surface area contributed by atoms with E-state index in [1.165, 1.54) is 0 Å². The third-order valence-corrected chi connectivity index (χ3v) is 13.5. The Morgan fingerprint density at radius 1 is 0.738 bits per heavy atom. The van der Waals surface area contributed by atoms with Gasteiger partial charge in [0.2, 0.25) is 0 Å². The fourth-order valence-corrected chi connectivity index (χ4v) is 7.49. The number of aliphatic hydroxyl groups is 1. The van der Waals surface area contributed by atoms with Gasteiger partial charge < -0.3 is 28.5 Å². The zero-order valence-electron chi connectivity index (χ0n) is 25.9. The van der Waals surface area contributed by atoms with E-state index in [1.807, 2.05) is 91.0 Å². The average Bonchev–Trinajstić information content (AvgIpc) is 2.98. The van der Waals surface area contributed by atoms with Gasteiger partial charge >= 0.3 is 0 Å². The molecule has 7 heteroatoms. The third-order valence-electron chi connectivity index (χ3n) is 8.99. The molecule has 0 unspecified atom stereocenters. The summed E-state index contributed by atoms with van der Waals surface area (Å²) in [6, 6.07) is 30.0. The molecule has 0 aliphatic carbocycles. The van der Waals surface area contributed by atoms with Crippen molar-refractivity contribution in [3.05, 3.63) is 108 Å². The molecule has 4 rings (SSSR count). The fourth-order valence-electron chi connectivity index (χ4n) is 5.03. The van der Waals surface area contributed by atoms with Crippen LogP contribution in [0.1, 0.15) is 44.4 Å². The van der Waals surface area contributed by atoms with E-state index in [4.69, 9.17) is 23.4 Å². The molecule has 3 aromatic carbocycles. The van der Waals surface area contributed by atoms with E-state index in [9.17, 15) is 5.11 Å². The van der Waals surface area contributed by atoms with Crippen LogP contribution in [0.4, 0.5) is 0 Å². The van der Waals surface area contributed by atoms with Crippen molar-refractivity contribution >= 4 is 8.32 Å². The van der Waals surface area contributed by atoms with Crippen LogP contribution in [-0.4, -0.2) is 50.7 Å². The summed E-state index contributed by atoms with van der Waals surface area (Å²) in [5, 5.41) is 11.6. The van der Waals surface area contributed by atoms with Crippen molar-refractivity contribution in [3.8, 4) is 0 Å². The SMILES string of the molecule is CC(C)C(C)(C)[Si](C)(C)O[C@@H]1O[C@H](COCc2ccccc2)[C@H](O)[C@H](OCc2ccccc2)[C@H]1OCc1ccccc1. The van der Waals surface area contributed by atoms with Crippen LogP contribution >= 0.6 is 0 Å². The van der Waals surface area contributed by atoms with E-state index >= 15 is 0 Å². The maximum atomic E-state index is 11.7. The maximum Gasteiger partial charge on any atom is 0.196 e. The molecule has 5 atom stereocenters. The minimum absolute atomic E-state index is 0.0455. The monoisotopic (exact) mass is 592 g/mol. The highest BCUT2D eigenvalue weighted by Crippen LogP contribution is 2.46. The van der Waals surface area contributed by atoms with E-state index < -0.39 is 39.0 Å². The predicted molar refractivity (Wildman–Crippen MR) is 168 cm³/mol. The maximum absolute atomic E-state index is 11.7. The summed E-state index contributed by atoms with van der Waals surface area (Å²) in [6.45, 7) is 14.8. The minimum atomic E-state index is -2.37. The molecule has 0 amide bonds. The second kappa shape index (κ2) is 14.9. The molecule has 42 heavy (non-hydrogen) atoms. The Kier molecular flexibility index (Phi) is 11.5. The molecule has 0 radical (unpaired) electrons. The molecular formula is C35H48O6Si. The van der Waals surface area contributed by atoms with Gasteiger partial charge in [0.25, 0.3) is 0 Å². The first kappa shape index (κ1) is 32.5. The molecular weight excluding hydrogens is 544 g/mol. The van der Waals surface area contributed by atoms with Crippen molar-refractivity contribution in [2.45, 2.75) is 96.4 Å². The largest absolute Gasteiger partial charge is 0.390 e. The lowest BCUT2D eigenvalue weighted by Crippen LogP contribution is -2.63. The number of aliphatic hydroxyl groups excluding tert-OH is 1. The van der Waals surface area contributed by atoms with Gasteiger partial charge in [-0.15, -0.1) is 0 Å². The first-order chi connectivity index (χ1) is 20.1. The number of hydrogen-bond acceptors (Lipinski definition) is 6. The van der Waals surface area contributed by atoms with Crippen molar-refractivity contribution in [3.63, 3.8) is 0 Å². The smallest absolute Gasteiger partial charge is 0.196 e. The first-order valence-corrected chi connectivity index (χ1v) is 17.9. The minimum Gasteiger partial charge on any atom is -0.390 e. The van der Waals surface area contributed by atoms with Gasteiger partial charge in [0.05, 0.1) is 26.4 Å². The van der Waals surface area contributed by atoms with Crippen molar-refractivity contribution < 1.29 is 28.5 Å². The molecule has 1 heterocycles. The van der Waals surface area contributed by atoms with Gasteiger partial charge in [0, 0.05) is 0 Å². The summed E-state index contributed by atoms with van der Waals surface area (Å²) in [7, 11) is -2.37. The Morgan fingerprint density at radius 2 is 1.19 bits per heavy atom. The summed E-state index contributed by atoms with van der Waals surface area (Å²) < 4.78 is 32.6. The topological polar surface area (TPSA) is 66.4 Å². The van der Waals surface area contributed by atoms with Gasteiger partial charge in [-0.3, -0.25) is 0 Å². The predicted octanol–water partition coefficient (Wildman–Crippen LogP) is 7.12. The van der Waals surface area contributed by atoms with Gasteiger partial charge in [0.1, 0.15) is 24.4 Å². The summed E-state index contributed by atoms with van der Waals surface area (Å²) in [5.41, 5.74) is 3.10. The highest BCUT2D eigenvalue weighted by atomic mass is 28.4. The summed E-state index contributed by atoms with van der Waals surface area (Å²) in [4.78, 5) is 0. The molecule has 6 nitrogen and oxygen atoms in total. The summed E-state index contributed by atoms with van der Waals surface area (Å²) >= 11 is 0. The van der Waals surface area contributed by atoms with Crippen LogP contribution < -0.4 is 0 Å². The van der Waals surface area contributed by atoms with E-state index in [0.29, 0.717) is 25.7 Å². The molecule has 0 saturated carbocycles. The molecule has 228 valence electrons. The van der Waals surface area contributed by atoms with Crippen LogP contribution in [0.15, 0.2) is 91.0 Å². The highest BCUT2D eigenvalue weighted by Gasteiger charge is 2.52. The zero-order chi connectivity index (χ0) is 30.2. The lowest BCUT2D eigenvalue weighted by Gasteiger charge is -2.49. The van der Waals surface area contributed by atoms with E-state index in [2.05, 4.69) is 40.8 Å². The van der Waals surface area contributed by atoms with E-state index in [-0.39, 0.29) is 11.6 Å². The van der Waals surface area contributed by atoms with Crippen LogP contribution in [0.25, 0.3) is 0 Å². The van der Waals surface area contributed by atoms with Crippen LogP contribution in [0.2, 0.25) is 18.1 Å². The standard InChI is InChI=1S/C35H48O6Si/c1-26(2)35(3,4)42(5,6)41-34-33(39-24-29-20-14-9-15-21-29)32(38-23-28-18-12-8-13-19-28)31(36)30(40-34)25-37-22-27-16-10-7-11-17-27/h7-21,26,30-34,36H,22-25H2,1-6H3/t30-,31+,32+,33-,34+/m1/s1. The van der Waals surface area contributed by atoms with Crippen molar-refractivity contribution in [2.75, 3.05) is 6.61 Å². The Balaban J connectivity index is 1.60. The zero-order valence-corrected chi connectivity index (χ0v) is 26.9. The number of hydrogen-bond donors (Lipinski definition) is 1. The number of rotatable bonds is 14. The van der Waals surface area contributed by atoms with Gasteiger partial charge in [-0.2, -0.15) is 0 Å². The quantitative estimate of drug-likeness (QED) is 0.201. The highest BCUT2D eigenvalue weighted by molar-refractivity contribution is 6.74. The molecule has 3 aromatic rings. The second-order valence-electron chi connectivity index (χ2n) is 12.6. The van der Waals surface area contributed by atoms with Gasteiger partial charge in [-0.05, 0) is 40.7 Å². The third kappa shape index (κ3) is 8.38. The van der Waals surface area contributed by atoms with Crippen LogP contribution in [0.3, 0.4) is 0 Å². The van der Waals surface area contributed by atoms with E-state index in [1.54, 1.807) is 0 Å². The Hall–Kier alpha value is -2.36. The van der Waals surface area contributed by atoms with Crippen molar-refractivity contribution in [1.82, 2.24) is 0 Å². The van der Waals surface area contributed by atoms with Crippen LogP contribution in [-0.2, 0) is 43.2 Å². The molecule has 0 bridgehead atoms. The molecule has 0 spiro atoms. The molecule has 1 fully saturated rings. The number of ether oxygens (including phenoxy) is 4. The van der Waals surface area contributed by atoms with Crippen molar-refractivity contribution in [2.24, 2.45) is 5.92 Å². The van der Waals surface area contributed by atoms with Gasteiger partial charge in [-0.25, -0.2) is 0 Å². The van der Waals surface area contributed by atoms with Gasteiger partial charge in [-0.1, -0.05) is 119 Å². The lowest BCUT2D eigenvalue weighted by atomic mass is 9.98. The first-order valence-electron chi connectivity index (χ1n) is 15.0. The van der Waals surface area contributed by atoms with E-state index in [0.717, 1.165) is 16.7 Å². The Labute approximate surface area is 253 Å². The molecule has 1 N–H and O–H groups in total. The summed E-state index contributed by atoms with van der Waals surface area (Å²) in [6.07, 6.45) is -3.70. The Bertz CT molecular complexity index is 1190. The summed E-state index contributed by atoms with van der Waals surface area (Å²) in [5.74, 6) is 0.409. The number of benzene rings is 3. The second-order valence-corrected chi connectivity index (χ2v) is 17.1.